The molecule has 0 saturated carbocycles. The summed E-state index contributed by atoms with van der Waals surface area (Å²) in [6, 6.07) is 6.77. The van der Waals surface area contributed by atoms with Crippen molar-refractivity contribution in [1.82, 2.24) is 4.57 Å². The third-order valence-corrected chi connectivity index (χ3v) is 3.10. The number of rotatable bonds is 2. The van der Waals surface area contributed by atoms with Crippen LogP contribution in [0.5, 0.6) is 0 Å². The van der Waals surface area contributed by atoms with Gasteiger partial charge in [0.1, 0.15) is 0 Å². The lowest BCUT2D eigenvalue weighted by molar-refractivity contribution is 0.0697. The smallest absolute Gasteiger partial charge is 0.338 e. The van der Waals surface area contributed by atoms with Gasteiger partial charge in [-0.1, -0.05) is 18.2 Å². The summed E-state index contributed by atoms with van der Waals surface area (Å²) >= 11 is 0. The van der Waals surface area contributed by atoms with E-state index < -0.39 is 5.97 Å². The van der Waals surface area contributed by atoms with Gasteiger partial charge in [0.05, 0.1) is 5.56 Å². The number of aromatic carboxylic acids is 1. The van der Waals surface area contributed by atoms with Crippen molar-refractivity contribution >= 4 is 16.7 Å². The molecular weight excluding hydrogens is 230 g/mol. The maximum Gasteiger partial charge on any atom is 0.338 e. The van der Waals surface area contributed by atoms with Gasteiger partial charge >= 0.3 is 5.97 Å². The van der Waals surface area contributed by atoms with E-state index >= 15 is 0 Å². The van der Waals surface area contributed by atoms with Gasteiger partial charge in [-0.15, -0.1) is 0 Å². The Labute approximate surface area is 104 Å². The molecule has 1 heterocycles. The second-order valence-electron chi connectivity index (χ2n) is 4.58. The zero-order valence-corrected chi connectivity index (χ0v) is 10.6. The third kappa shape index (κ3) is 1.70. The molecule has 0 radical (unpaired) electrons. The minimum absolute atomic E-state index is 0.0693. The van der Waals surface area contributed by atoms with Gasteiger partial charge in [0, 0.05) is 22.5 Å². The number of carboxylic acids is 1. The molecule has 1 aromatic carbocycles. The number of hydrogen-bond acceptors (Lipinski definition) is 2. The first-order valence-electron chi connectivity index (χ1n) is 5.82. The topological polar surface area (TPSA) is 59.3 Å². The second kappa shape index (κ2) is 4.29. The fourth-order valence-electron chi connectivity index (χ4n) is 2.38. The first-order valence-corrected chi connectivity index (χ1v) is 5.82. The van der Waals surface area contributed by atoms with Gasteiger partial charge in [-0.3, -0.25) is 4.79 Å². The number of fused-ring (bicyclic) bond motifs is 1. The SMILES string of the molecule is Cc1c(C(=O)O)c2ccccc2c(=O)n1C(C)C. The minimum atomic E-state index is -1.00. The minimum Gasteiger partial charge on any atom is -0.478 e. The lowest BCUT2D eigenvalue weighted by Crippen LogP contribution is -2.27. The Hall–Kier alpha value is -2.10. The first-order chi connectivity index (χ1) is 8.45. The van der Waals surface area contributed by atoms with Crippen molar-refractivity contribution in [3.8, 4) is 0 Å². The Balaban J connectivity index is 3.07. The van der Waals surface area contributed by atoms with E-state index in [4.69, 9.17) is 0 Å². The molecule has 1 N–H and O–H groups in total. The van der Waals surface area contributed by atoms with Crippen molar-refractivity contribution in [3.63, 3.8) is 0 Å². The number of hydrogen-bond donors (Lipinski definition) is 1. The van der Waals surface area contributed by atoms with Gasteiger partial charge in [-0.05, 0) is 26.8 Å². The molecule has 0 amide bonds. The highest BCUT2D eigenvalue weighted by molar-refractivity contribution is 6.04. The van der Waals surface area contributed by atoms with E-state index in [9.17, 15) is 14.7 Å². The maximum absolute atomic E-state index is 12.3. The molecule has 4 nitrogen and oxygen atoms in total. The summed E-state index contributed by atoms with van der Waals surface area (Å²) < 4.78 is 1.53. The molecular formula is C14H15NO3. The molecule has 0 aliphatic rings. The van der Waals surface area contributed by atoms with Crippen LogP contribution in [0.2, 0.25) is 0 Å². The summed E-state index contributed by atoms with van der Waals surface area (Å²) in [5.41, 5.74) is 0.572. The van der Waals surface area contributed by atoms with Crippen LogP contribution in [-0.4, -0.2) is 15.6 Å². The summed E-state index contributed by atoms with van der Waals surface area (Å²) in [6.07, 6.45) is 0. The van der Waals surface area contributed by atoms with Crippen LogP contribution in [0.3, 0.4) is 0 Å². The molecule has 0 bridgehead atoms. The van der Waals surface area contributed by atoms with E-state index in [1.807, 2.05) is 13.8 Å². The second-order valence-corrected chi connectivity index (χ2v) is 4.58. The van der Waals surface area contributed by atoms with Gasteiger partial charge in [-0.2, -0.15) is 0 Å². The molecule has 2 aromatic rings. The van der Waals surface area contributed by atoms with Crippen LogP contribution in [0.25, 0.3) is 10.8 Å². The van der Waals surface area contributed by atoms with Crippen molar-refractivity contribution in [2.24, 2.45) is 0 Å². The highest BCUT2D eigenvalue weighted by Crippen LogP contribution is 2.21. The Bertz CT molecular complexity index is 683. The van der Waals surface area contributed by atoms with Crippen molar-refractivity contribution in [1.29, 1.82) is 0 Å². The van der Waals surface area contributed by atoms with Gasteiger partial charge in [-0.25, -0.2) is 4.79 Å². The van der Waals surface area contributed by atoms with E-state index in [0.717, 1.165) is 0 Å². The fourth-order valence-corrected chi connectivity index (χ4v) is 2.38. The van der Waals surface area contributed by atoms with Crippen LogP contribution in [0.1, 0.15) is 35.9 Å². The van der Waals surface area contributed by atoms with Crippen LogP contribution in [0, 0.1) is 6.92 Å². The zero-order chi connectivity index (χ0) is 13.4. The van der Waals surface area contributed by atoms with Crippen LogP contribution in [0.4, 0.5) is 0 Å². The molecule has 0 spiro atoms. The number of benzene rings is 1. The molecule has 0 aliphatic heterocycles. The molecule has 94 valence electrons. The normalized spacial score (nSPS) is 11.1. The largest absolute Gasteiger partial charge is 0.478 e. The molecule has 0 fully saturated rings. The number of aromatic nitrogens is 1. The van der Waals surface area contributed by atoms with E-state index in [0.29, 0.717) is 16.5 Å². The quantitative estimate of drug-likeness (QED) is 0.884. The average molecular weight is 245 g/mol. The van der Waals surface area contributed by atoms with Gasteiger partial charge in [0.25, 0.3) is 5.56 Å². The summed E-state index contributed by atoms with van der Waals surface area (Å²) in [5, 5.41) is 10.3. The lowest BCUT2D eigenvalue weighted by atomic mass is 10.0. The third-order valence-electron chi connectivity index (χ3n) is 3.10. The van der Waals surface area contributed by atoms with Gasteiger partial charge in [0.2, 0.25) is 0 Å². The Kier molecular flexibility index (Phi) is 2.95. The van der Waals surface area contributed by atoms with E-state index in [1.165, 1.54) is 4.57 Å². The monoisotopic (exact) mass is 245 g/mol. The predicted molar refractivity (Wildman–Crippen MR) is 70.3 cm³/mol. The molecule has 0 unspecified atom stereocenters. The van der Waals surface area contributed by atoms with Crippen molar-refractivity contribution in [2.75, 3.05) is 0 Å². The van der Waals surface area contributed by atoms with Crippen LogP contribution in [-0.2, 0) is 0 Å². The van der Waals surface area contributed by atoms with Gasteiger partial charge < -0.3 is 9.67 Å². The number of pyridine rings is 1. The highest BCUT2D eigenvalue weighted by Gasteiger charge is 2.19. The Morgan fingerprint density at radius 1 is 1.22 bits per heavy atom. The molecule has 2 rings (SSSR count). The van der Waals surface area contributed by atoms with Crippen molar-refractivity contribution in [2.45, 2.75) is 26.8 Å². The zero-order valence-electron chi connectivity index (χ0n) is 10.6. The average Bonchev–Trinajstić information content (AvgIpc) is 2.28. The van der Waals surface area contributed by atoms with E-state index in [-0.39, 0.29) is 17.2 Å². The molecule has 0 atom stereocenters. The summed E-state index contributed by atoms with van der Waals surface area (Å²) in [4.78, 5) is 23.7. The summed E-state index contributed by atoms with van der Waals surface area (Å²) in [6.45, 7) is 5.42. The predicted octanol–water partition coefficient (Wildman–Crippen LogP) is 2.59. The van der Waals surface area contributed by atoms with Crippen LogP contribution >= 0.6 is 0 Å². The molecule has 4 heteroatoms. The Morgan fingerprint density at radius 2 is 1.78 bits per heavy atom. The van der Waals surface area contributed by atoms with Crippen LogP contribution in [0.15, 0.2) is 29.1 Å². The summed E-state index contributed by atoms with van der Waals surface area (Å²) in [5.74, 6) is -1.00. The standard InChI is InChI=1S/C14H15NO3/c1-8(2)15-9(3)12(14(17)18)10-6-4-5-7-11(10)13(15)16/h4-8H,1-3H3,(H,17,18). The highest BCUT2D eigenvalue weighted by atomic mass is 16.4. The van der Waals surface area contributed by atoms with Crippen LogP contribution < -0.4 is 5.56 Å². The molecule has 1 aromatic heterocycles. The fraction of sp³-hybridized carbons (Fsp3) is 0.286. The lowest BCUT2D eigenvalue weighted by Gasteiger charge is -2.17. The number of nitrogens with zero attached hydrogens (tertiary/aromatic N) is 1. The first kappa shape index (κ1) is 12.4. The van der Waals surface area contributed by atoms with Crippen molar-refractivity contribution < 1.29 is 9.90 Å². The molecule has 18 heavy (non-hydrogen) atoms. The van der Waals surface area contributed by atoms with Crippen molar-refractivity contribution in [3.05, 3.63) is 45.9 Å². The molecule has 0 aliphatic carbocycles. The van der Waals surface area contributed by atoms with Gasteiger partial charge in [0.15, 0.2) is 0 Å². The van der Waals surface area contributed by atoms with E-state index in [1.54, 1.807) is 31.2 Å². The maximum atomic E-state index is 12.3. The van der Waals surface area contributed by atoms with E-state index in [2.05, 4.69) is 0 Å². The number of carbonyl (C=O) groups is 1. The Morgan fingerprint density at radius 3 is 2.28 bits per heavy atom. The summed E-state index contributed by atoms with van der Waals surface area (Å²) in [7, 11) is 0. The molecule has 0 saturated heterocycles. The number of carboxylic acid groups (broad SMARTS) is 1.